The lowest BCUT2D eigenvalue weighted by atomic mass is 10.2. The van der Waals surface area contributed by atoms with Gasteiger partial charge in [-0.25, -0.2) is 0 Å². The van der Waals surface area contributed by atoms with Crippen molar-refractivity contribution in [2.75, 3.05) is 17.2 Å². The number of hydrogen-bond acceptors (Lipinski definition) is 3. The van der Waals surface area contributed by atoms with Crippen LogP contribution in [0.2, 0.25) is 0 Å². The van der Waals surface area contributed by atoms with Gasteiger partial charge in [0.1, 0.15) is 0 Å². The van der Waals surface area contributed by atoms with Gasteiger partial charge in [0.2, 0.25) is 0 Å². The van der Waals surface area contributed by atoms with Gasteiger partial charge in [0.25, 0.3) is 0 Å². The first-order valence-corrected chi connectivity index (χ1v) is 5.85. The highest BCUT2D eigenvalue weighted by Crippen LogP contribution is 2.29. The molecule has 1 aromatic heterocycles. The number of anilines is 2. The van der Waals surface area contributed by atoms with Crippen LogP contribution in [0, 0.1) is 0 Å². The molecule has 0 atom stereocenters. The zero-order valence-electron chi connectivity index (χ0n) is 9.93. The molecule has 0 spiro atoms. The predicted molar refractivity (Wildman–Crippen MR) is 68.8 cm³/mol. The third-order valence-corrected chi connectivity index (χ3v) is 3.42. The fourth-order valence-corrected chi connectivity index (χ4v) is 2.43. The highest BCUT2D eigenvalue weighted by atomic mass is 15.3. The Balaban J connectivity index is 1.89. The lowest BCUT2D eigenvalue weighted by molar-refractivity contribution is 0.689. The fraction of sp³-hybridized carbons (Fsp3) is 0.308. The van der Waals surface area contributed by atoms with Crippen LogP contribution in [-0.2, 0) is 20.0 Å². The summed E-state index contributed by atoms with van der Waals surface area (Å²) in [6.45, 7) is 1.89. The van der Waals surface area contributed by atoms with Gasteiger partial charge in [-0.3, -0.25) is 4.68 Å². The summed E-state index contributed by atoms with van der Waals surface area (Å²) in [6.07, 6.45) is 2.84. The highest BCUT2D eigenvalue weighted by Gasteiger charge is 2.20. The molecule has 2 N–H and O–H groups in total. The minimum absolute atomic E-state index is 0.775. The molecule has 2 aromatic rings. The molecule has 2 heterocycles. The summed E-state index contributed by atoms with van der Waals surface area (Å²) < 4.78 is 1.86. The molecule has 1 aliphatic rings. The van der Waals surface area contributed by atoms with Crippen LogP contribution in [0.4, 0.5) is 11.4 Å². The summed E-state index contributed by atoms with van der Waals surface area (Å²) in [6, 6.07) is 8.56. The number of hydrogen-bond donors (Lipinski definition) is 1. The van der Waals surface area contributed by atoms with Gasteiger partial charge in [0.15, 0.2) is 0 Å². The van der Waals surface area contributed by atoms with E-state index in [2.05, 4.69) is 34.3 Å². The van der Waals surface area contributed by atoms with Crippen LogP contribution in [-0.4, -0.2) is 16.3 Å². The lowest BCUT2D eigenvalue weighted by Crippen LogP contribution is -2.22. The summed E-state index contributed by atoms with van der Waals surface area (Å²) in [7, 11) is 1.94. The Kier molecular flexibility index (Phi) is 2.28. The van der Waals surface area contributed by atoms with Crippen molar-refractivity contribution in [2.24, 2.45) is 7.05 Å². The average Bonchev–Trinajstić information content (AvgIpc) is 2.88. The lowest BCUT2D eigenvalue weighted by Gasteiger charge is -2.19. The fourth-order valence-electron chi connectivity index (χ4n) is 2.43. The first kappa shape index (κ1) is 10.2. The molecule has 0 saturated carbocycles. The molecule has 0 aliphatic carbocycles. The number of aromatic nitrogens is 2. The molecule has 4 nitrogen and oxygen atoms in total. The Morgan fingerprint density at radius 3 is 2.94 bits per heavy atom. The van der Waals surface area contributed by atoms with Gasteiger partial charge in [-0.1, -0.05) is 18.2 Å². The maximum atomic E-state index is 5.93. The molecule has 0 bridgehead atoms. The maximum Gasteiger partial charge on any atom is 0.0803 e. The molecule has 88 valence electrons. The quantitative estimate of drug-likeness (QED) is 0.848. The minimum Gasteiger partial charge on any atom is -0.396 e. The SMILES string of the molecule is Cn1ncc(N)c1CN1CCc2ccccc21. The zero-order valence-corrected chi connectivity index (χ0v) is 9.93. The molecule has 1 aliphatic heterocycles. The Morgan fingerprint density at radius 2 is 2.18 bits per heavy atom. The Morgan fingerprint density at radius 1 is 1.35 bits per heavy atom. The number of aryl methyl sites for hydroxylation is 1. The van der Waals surface area contributed by atoms with Gasteiger partial charge in [-0.15, -0.1) is 0 Å². The average molecular weight is 228 g/mol. The van der Waals surface area contributed by atoms with Crippen molar-refractivity contribution < 1.29 is 0 Å². The van der Waals surface area contributed by atoms with E-state index in [4.69, 9.17) is 5.73 Å². The molecule has 3 rings (SSSR count). The second kappa shape index (κ2) is 3.80. The van der Waals surface area contributed by atoms with E-state index in [1.165, 1.54) is 11.3 Å². The van der Waals surface area contributed by atoms with Gasteiger partial charge >= 0.3 is 0 Å². The number of nitrogens with zero attached hydrogens (tertiary/aromatic N) is 3. The van der Waals surface area contributed by atoms with E-state index in [-0.39, 0.29) is 0 Å². The summed E-state index contributed by atoms with van der Waals surface area (Å²) in [5.41, 5.74) is 10.5. The standard InChI is InChI=1S/C13H16N4/c1-16-13(11(14)8-15-16)9-17-7-6-10-4-2-3-5-12(10)17/h2-5,8H,6-7,9,14H2,1H3. The van der Waals surface area contributed by atoms with Crippen LogP contribution >= 0.6 is 0 Å². The third-order valence-electron chi connectivity index (χ3n) is 3.42. The minimum atomic E-state index is 0.775. The van der Waals surface area contributed by atoms with E-state index >= 15 is 0 Å². The second-order valence-electron chi connectivity index (χ2n) is 4.47. The number of benzene rings is 1. The van der Waals surface area contributed by atoms with Crippen molar-refractivity contribution in [2.45, 2.75) is 13.0 Å². The van der Waals surface area contributed by atoms with E-state index in [9.17, 15) is 0 Å². The second-order valence-corrected chi connectivity index (χ2v) is 4.47. The van der Waals surface area contributed by atoms with E-state index in [0.717, 1.165) is 30.9 Å². The molecule has 0 saturated heterocycles. The van der Waals surface area contributed by atoms with Crippen molar-refractivity contribution in [3.05, 3.63) is 41.7 Å². The number of nitrogen functional groups attached to an aromatic ring is 1. The van der Waals surface area contributed by atoms with E-state index in [1.807, 2.05) is 11.7 Å². The first-order chi connectivity index (χ1) is 8.25. The van der Waals surface area contributed by atoms with Crippen LogP contribution in [0.15, 0.2) is 30.5 Å². The summed E-state index contributed by atoms with van der Waals surface area (Å²) in [4.78, 5) is 2.36. The molecule has 4 heteroatoms. The number of fused-ring (bicyclic) bond motifs is 1. The molecule has 1 aromatic carbocycles. The van der Waals surface area contributed by atoms with Crippen LogP contribution < -0.4 is 10.6 Å². The van der Waals surface area contributed by atoms with Crippen molar-refractivity contribution >= 4 is 11.4 Å². The van der Waals surface area contributed by atoms with E-state index in [1.54, 1.807) is 6.20 Å². The Bertz CT molecular complexity index is 525. The van der Waals surface area contributed by atoms with Crippen molar-refractivity contribution in [1.29, 1.82) is 0 Å². The van der Waals surface area contributed by atoms with Crippen LogP contribution in [0.25, 0.3) is 0 Å². The summed E-state index contributed by atoms with van der Waals surface area (Å²) >= 11 is 0. The zero-order chi connectivity index (χ0) is 11.8. The van der Waals surface area contributed by atoms with Crippen LogP contribution in [0.3, 0.4) is 0 Å². The van der Waals surface area contributed by atoms with E-state index < -0.39 is 0 Å². The number of rotatable bonds is 2. The summed E-state index contributed by atoms with van der Waals surface area (Å²) in [5.74, 6) is 0. The monoisotopic (exact) mass is 228 g/mol. The molecule has 0 fully saturated rings. The molecule has 17 heavy (non-hydrogen) atoms. The van der Waals surface area contributed by atoms with Gasteiger partial charge in [0.05, 0.1) is 24.1 Å². The Hall–Kier alpha value is -1.97. The molecule has 0 unspecified atom stereocenters. The molecular weight excluding hydrogens is 212 g/mol. The van der Waals surface area contributed by atoms with Gasteiger partial charge < -0.3 is 10.6 Å². The van der Waals surface area contributed by atoms with Crippen LogP contribution in [0.1, 0.15) is 11.3 Å². The van der Waals surface area contributed by atoms with Crippen molar-refractivity contribution in [1.82, 2.24) is 9.78 Å². The third kappa shape index (κ3) is 1.65. The number of para-hydroxylation sites is 1. The van der Waals surface area contributed by atoms with Crippen molar-refractivity contribution in [3.63, 3.8) is 0 Å². The normalized spacial score (nSPS) is 14.1. The molecular formula is C13H16N4. The number of nitrogens with two attached hydrogens (primary N) is 1. The molecule has 0 amide bonds. The topological polar surface area (TPSA) is 47.1 Å². The predicted octanol–water partition coefficient (Wildman–Crippen LogP) is 1.56. The molecule has 0 radical (unpaired) electrons. The smallest absolute Gasteiger partial charge is 0.0803 e. The Labute approximate surface area is 101 Å². The van der Waals surface area contributed by atoms with E-state index in [0.29, 0.717) is 0 Å². The maximum absolute atomic E-state index is 5.93. The van der Waals surface area contributed by atoms with Gasteiger partial charge in [0, 0.05) is 19.3 Å². The van der Waals surface area contributed by atoms with Crippen molar-refractivity contribution in [3.8, 4) is 0 Å². The van der Waals surface area contributed by atoms with Gasteiger partial charge in [-0.2, -0.15) is 5.10 Å². The largest absolute Gasteiger partial charge is 0.396 e. The highest BCUT2D eigenvalue weighted by molar-refractivity contribution is 5.58. The first-order valence-electron chi connectivity index (χ1n) is 5.85. The van der Waals surface area contributed by atoms with Gasteiger partial charge in [-0.05, 0) is 18.1 Å². The summed E-state index contributed by atoms with van der Waals surface area (Å²) in [5, 5.41) is 4.18. The van der Waals surface area contributed by atoms with Crippen LogP contribution in [0.5, 0.6) is 0 Å².